The highest BCUT2D eigenvalue weighted by atomic mass is 79.9. The van der Waals surface area contributed by atoms with Crippen LogP contribution in [-0.2, 0) is 0 Å². The average molecular weight is 694 g/mol. The number of piperazine rings is 1. The van der Waals surface area contributed by atoms with Crippen LogP contribution in [0.1, 0.15) is 27.9 Å². The molecule has 10 nitrogen and oxygen atoms in total. The van der Waals surface area contributed by atoms with Crippen LogP contribution in [0, 0.1) is 19.7 Å². The van der Waals surface area contributed by atoms with Gasteiger partial charge in [-0.3, -0.25) is 4.79 Å². The van der Waals surface area contributed by atoms with Crippen molar-refractivity contribution >= 4 is 39.2 Å². The molecule has 0 saturated carbocycles. The molecule has 1 aliphatic rings. The highest BCUT2D eigenvalue weighted by Gasteiger charge is 2.21. The summed E-state index contributed by atoms with van der Waals surface area (Å²) in [5.41, 5.74) is 3.02. The van der Waals surface area contributed by atoms with Gasteiger partial charge in [-0.15, -0.1) is 0 Å². The van der Waals surface area contributed by atoms with Crippen molar-refractivity contribution in [3.63, 3.8) is 0 Å². The van der Waals surface area contributed by atoms with Gasteiger partial charge in [0.1, 0.15) is 5.56 Å². The largest absolute Gasteiger partial charge is 0.493 e. The minimum absolute atomic E-state index is 0.0114. The van der Waals surface area contributed by atoms with E-state index in [1.54, 1.807) is 30.3 Å². The van der Waals surface area contributed by atoms with Crippen LogP contribution < -0.4 is 24.8 Å². The van der Waals surface area contributed by atoms with Gasteiger partial charge in [0, 0.05) is 60.8 Å². The van der Waals surface area contributed by atoms with Crippen molar-refractivity contribution in [2.24, 2.45) is 0 Å². The molecule has 2 N–H and O–H groups in total. The molecule has 46 heavy (non-hydrogen) atoms. The van der Waals surface area contributed by atoms with Crippen LogP contribution in [0.3, 0.4) is 0 Å². The van der Waals surface area contributed by atoms with Crippen molar-refractivity contribution in [3.05, 3.63) is 87.8 Å². The van der Waals surface area contributed by atoms with Gasteiger partial charge in [-0.05, 0) is 68.8 Å². The second-order valence-electron chi connectivity index (χ2n) is 11.1. The topological polar surface area (TPSA) is 101 Å². The molecule has 1 aromatic heterocycles. The Morgan fingerprint density at radius 2 is 1.74 bits per heavy atom. The Balaban J connectivity index is 1.31. The predicted molar refractivity (Wildman–Crippen MR) is 180 cm³/mol. The van der Waals surface area contributed by atoms with Crippen molar-refractivity contribution < 1.29 is 23.4 Å². The molecular weight excluding hydrogens is 655 g/mol. The first-order valence-electron chi connectivity index (χ1n) is 15.1. The fourth-order valence-corrected chi connectivity index (χ4v) is 5.39. The fourth-order valence-electron chi connectivity index (χ4n) is 5.05. The molecule has 3 aromatic carbocycles. The standard InChI is InChI=1S/C34H38BrFN6O4/c1-22-7-5-8-23(2)31(22)39-32(43)26-21-37-34(40-33(26)46-29-11-9-24(35)19-30(29)44-4)38-25-10-12-28(27(36)20-25)45-18-6-13-42-16-14-41(3)15-17-42/h5,7-12,19-21H,6,13-18H2,1-4H3,(H,39,43)(H,37,38,40). The highest BCUT2D eigenvalue weighted by molar-refractivity contribution is 9.10. The van der Waals surface area contributed by atoms with Gasteiger partial charge in [-0.25, -0.2) is 9.37 Å². The number of hydrogen-bond donors (Lipinski definition) is 2. The van der Waals surface area contributed by atoms with Crippen LogP contribution in [0.4, 0.5) is 21.7 Å². The summed E-state index contributed by atoms with van der Waals surface area (Å²) < 4.78 is 33.1. The summed E-state index contributed by atoms with van der Waals surface area (Å²) in [6, 6.07) is 15.6. The number of halogens is 2. The number of amides is 1. The number of ether oxygens (including phenoxy) is 3. The van der Waals surface area contributed by atoms with E-state index < -0.39 is 11.7 Å². The number of aromatic nitrogens is 2. The molecule has 12 heteroatoms. The van der Waals surface area contributed by atoms with E-state index in [9.17, 15) is 9.18 Å². The zero-order valence-corrected chi connectivity index (χ0v) is 28.0. The lowest BCUT2D eigenvalue weighted by atomic mass is 10.1. The summed E-state index contributed by atoms with van der Waals surface area (Å²) in [7, 11) is 3.65. The number of carbonyl (C=O) groups excluding carboxylic acids is 1. The smallest absolute Gasteiger partial charge is 0.262 e. The van der Waals surface area contributed by atoms with Crippen molar-refractivity contribution in [1.29, 1.82) is 0 Å². The van der Waals surface area contributed by atoms with Crippen LogP contribution in [0.25, 0.3) is 0 Å². The van der Waals surface area contributed by atoms with Crippen molar-refractivity contribution in [1.82, 2.24) is 19.8 Å². The predicted octanol–water partition coefficient (Wildman–Crippen LogP) is 6.81. The first-order chi connectivity index (χ1) is 22.2. The second-order valence-corrected chi connectivity index (χ2v) is 12.1. The average Bonchev–Trinajstić information content (AvgIpc) is 3.03. The van der Waals surface area contributed by atoms with Crippen LogP contribution in [0.5, 0.6) is 23.1 Å². The molecule has 5 rings (SSSR count). The number of para-hydroxylation sites is 1. The normalized spacial score (nSPS) is 13.7. The zero-order chi connectivity index (χ0) is 32.6. The molecule has 0 bridgehead atoms. The molecule has 1 saturated heterocycles. The van der Waals surface area contributed by atoms with E-state index in [1.165, 1.54) is 19.4 Å². The Hall–Kier alpha value is -4.26. The first kappa shape index (κ1) is 33.1. The van der Waals surface area contributed by atoms with Crippen molar-refractivity contribution in [2.45, 2.75) is 20.3 Å². The molecule has 1 fully saturated rings. The van der Waals surface area contributed by atoms with E-state index in [0.717, 1.165) is 54.7 Å². The Kier molecular flexibility index (Phi) is 11.1. The summed E-state index contributed by atoms with van der Waals surface area (Å²) in [5.74, 6) is 0.0919. The number of nitrogens with one attached hydrogen (secondary N) is 2. The number of rotatable bonds is 12. The molecule has 0 spiro atoms. The molecule has 0 atom stereocenters. The van der Waals surface area contributed by atoms with E-state index in [-0.39, 0.29) is 23.1 Å². The summed E-state index contributed by atoms with van der Waals surface area (Å²) in [5, 5.41) is 5.96. The third-order valence-electron chi connectivity index (χ3n) is 7.71. The van der Waals surface area contributed by atoms with E-state index in [4.69, 9.17) is 14.2 Å². The molecule has 0 radical (unpaired) electrons. The third-order valence-corrected chi connectivity index (χ3v) is 8.20. The Labute approximate surface area is 277 Å². The summed E-state index contributed by atoms with van der Waals surface area (Å²) in [6.07, 6.45) is 2.18. The SMILES string of the molecule is COc1cc(Br)ccc1Oc1nc(Nc2ccc(OCCCN3CCN(C)CC3)c(F)c2)ncc1C(=O)Nc1c(C)cccc1C. The van der Waals surface area contributed by atoms with Gasteiger partial charge in [0.2, 0.25) is 11.8 Å². The molecule has 1 amide bonds. The summed E-state index contributed by atoms with van der Waals surface area (Å²) in [4.78, 5) is 27.1. The highest BCUT2D eigenvalue weighted by Crippen LogP contribution is 2.35. The Morgan fingerprint density at radius 3 is 2.46 bits per heavy atom. The Morgan fingerprint density at radius 1 is 1.00 bits per heavy atom. The Bertz CT molecular complexity index is 1660. The van der Waals surface area contributed by atoms with Gasteiger partial charge < -0.3 is 34.6 Å². The third kappa shape index (κ3) is 8.51. The number of carbonyl (C=O) groups is 1. The minimum atomic E-state index is -0.509. The van der Waals surface area contributed by atoms with Gasteiger partial charge in [0.25, 0.3) is 5.91 Å². The number of benzene rings is 3. The lowest BCUT2D eigenvalue weighted by Gasteiger charge is -2.32. The maximum atomic E-state index is 15.0. The van der Waals surface area contributed by atoms with E-state index in [1.807, 2.05) is 32.0 Å². The van der Waals surface area contributed by atoms with Crippen LogP contribution in [-0.4, -0.2) is 79.2 Å². The maximum absolute atomic E-state index is 15.0. The lowest BCUT2D eigenvalue weighted by molar-refractivity contribution is 0.102. The number of anilines is 3. The van der Waals surface area contributed by atoms with Gasteiger partial charge in [-0.1, -0.05) is 34.1 Å². The summed E-state index contributed by atoms with van der Waals surface area (Å²) >= 11 is 3.43. The van der Waals surface area contributed by atoms with Gasteiger partial charge in [0.05, 0.1) is 13.7 Å². The van der Waals surface area contributed by atoms with Crippen molar-refractivity contribution in [2.75, 3.05) is 64.1 Å². The van der Waals surface area contributed by atoms with E-state index >= 15 is 0 Å². The number of nitrogens with zero attached hydrogens (tertiary/aromatic N) is 4. The van der Waals surface area contributed by atoms with Crippen LogP contribution >= 0.6 is 15.9 Å². The zero-order valence-electron chi connectivity index (χ0n) is 26.4. The number of likely N-dealkylation sites (N-methyl/N-ethyl adjacent to an activating group) is 1. The first-order valence-corrected chi connectivity index (χ1v) is 15.9. The molecular formula is C34H38BrFN6O4. The molecule has 242 valence electrons. The van der Waals surface area contributed by atoms with E-state index in [2.05, 4.69) is 53.4 Å². The minimum Gasteiger partial charge on any atom is -0.493 e. The number of hydrogen-bond acceptors (Lipinski definition) is 9. The molecule has 4 aromatic rings. The second kappa shape index (κ2) is 15.4. The molecule has 0 unspecified atom stereocenters. The molecule has 1 aliphatic heterocycles. The van der Waals surface area contributed by atoms with E-state index in [0.29, 0.717) is 29.5 Å². The van der Waals surface area contributed by atoms with Crippen LogP contribution in [0.15, 0.2) is 65.3 Å². The van der Waals surface area contributed by atoms with Gasteiger partial charge in [-0.2, -0.15) is 4.98 Å². The molecule has 0 aliphatic carbocycles. The fraction of sp³-hybridized carbons (Fsp3) is 0.324. The summed E-state index contributed by atoms with van der Waals surface area (Å²) in [6.45, 7) is 9.36. The number of aryl methyl sites for hydroxylation is 2. The lowest BCUT2D eigenvalue weighted by Crippen LogP contribution is -2.44. The van der Waals surface area contributed by atoms with Crippen molar-refractivity contribution in [3.8, 4) is 23.1 Å². The number of methoxy groups -OCH3 is 1. The quantitative estimate of drug-likeness (QED) is 0.155. The maximum Gasteiger partial charge on any atom is 0.262 e. The monoisotopic (exact) mass is 692 g/mol. The molecule has 2 heterocycles. The van der Waals surface area contributed by atoms with Crippen LogP contribution in [0.2, 0.25) is 0 Å². The van der Waals surface area contributed by atoms with Gasteiger partial charge >= 0.3 is 0 Å². The van der Waals surface area contributed by atoms with Gasteiger partial charge in [0.15, 0.2) is 23.1 Å².